The van der Waals surface area contributed by atoms with Gasteiger partial charge in [-0.15, -0.1) is 0 Å². The maximum atomic E-state index is 11.1. The standard InChI is InChI=1S/C14H16ClN3O3/c1-9(2)16-6-5-14-17-8-13(21-14)11-4-3-10(15)7-12(11)18(19)20/h3-4,7-9,16H,5-6H2,1-2H3. The van der Waals surface area contributed by atoms with E-state index in [0.29, 0.717) is 34.7 Å². The first-order chi connectivity index (χ1) is 9.97. The molecular formula is C14H16ClN3O3. The van der Waals surface area contributed by atoms with Crippen molar-refractivity contribution in [2.45, 2.75) is 26.3 Å². The molecule has 21 heavy (non-hydrogen) atoms. The molecular weight excluding hydrogens is 294 g/mol. The summed E-state index contributed by atoms with van der Waals surface area (Å²) < 4.78 is 5.58. The van der Waals surface area contributed by atoms with Gasteiger partial charge < -0.3 is 9.73 Å². The van der Waals surface area contributed by atoms with Crippen molar-refractivity contribution in [1.82, 2.24) is 10.3 Å². The lowest BCUT2D eigenvalue weighted by atomic mass is 10.1. The Labute approximate surface area is 127 Å². The van der Waals surface area contributed by atoms with Crippen LogP contribution in [-0.4, -0.2) is 22.5 Å². The molecule has 0 amide bonds. The van der Waals surface area contributed by atoms with Crippen molar-refractivity contribution in [3.05, 3.63) is 45.4 Å². The molecule has 1 aromatic carbocycles. The summed E-state index contributed by atoms with van der Waals surface area (Å²) in [6.07, 6.45) is 2.13. The molecule has 0 saturated heterocycles. The van der Waals surface area contributed by atoms with Gasteiger partial charge in [-0.3, -0.25) is 10.1 Å². The molecule has 2 aromatic rings. The molecule has 0 atom stereocenters. The van der Waals surface area contributed by atoms with Gasteiger partial charge in [0.2, 0.25) is 0 Å². The first-order valence-electron chi connectivity index (χ1n) is 6.59. The summed E-state index contributed by atoms with van der Waals surface area (Å²) in [7, 11) is 0. The van der Waals surface area contributed by atoms with Crippen LogP contribution in [0.2, 0.25) is 5.02 Å². The van der Waals surface area contributed by atoms with Crippen LogP contribution in [0.1, 0.15) is 19.7 Å². The second-order valence-corrected chi connectivity index (χ2v) is 5.33. The van der Waals surface area contributed by atoms with Crippen LogP contribution in [-0.2, 0) is 6.42 Å². The van der Waals surface area contributed by atoms with Crippen LogP contribution in [0.25, 0.3) is 11.3 Å². The Balaban J connectivity index is 2.19. The van der Waals surface area contributed by atoms with Gasteiger partial charge in [0.15, 0.2) is 11.7 Å². The molecule has 0 unspecified atom stereocenters. The molecule has 6 nitrogen and oxygen atoms in total. The van der Waals surface area contributed by atoms with Gasteiger partial charge in [0.1, 0.15) is 0 Å². The lowest BCUT2D eigenvalue weighted by Gasteiger charge is -2.05. The largest absolute Gasteiger partial charge is 0.440 e. The average Bonchev–Trinajstić information content (AvgIpc) is 2.86. The molecule has 112 valence electrons. The molecule has 1 heterocycles. The number of oxazole rings is 1. The number of nitrogens with one attached hydrogen (secondary N) is 1. The number of nitro benzene ring substituents is 1. The Kier molecular flexibility index (Phi) is 4.93. The molecule has 0 aliphatic carbocycles. The maximum Gasteiger partial charge on any atom is 0.281 e. The molecule has 1 aromatic heterocycles. The van der Waals surface area contributed by atoms with E-state index < -0.39 is 4.92 Å². The quantitative estimate of drug-likeness (QED) is 0.653. The summed E-state index contributed by atoms with van der Waals surface area (Å²) in [5.41, 5.74) is 0.283. The Bertz CT molecular complexity index is 640. The fourth-order valence-corrected chi connectivity index (χ4v) is 2.05. The van der Waals surface area contributed by atoms with E-state index in [-0.39, 0.29) is 5.69 Å². The lowest BCUT2D eigenvalue weighted by molar-refractivity contribution is -0.384. The Morgan fingerprint density at radius 1 is 1.48 bits per heavy atom. The second-order valence-electron chi connectivity index (χ2n) is 4.90. The minimum absolute atomic E-state index is 0.0921. The van der Waals surface area contributed by atoms with Gasteiger partial charge >= 0.3 is 0 Å². The van der Waals surface area contributed by atoms with E-state index in [1.807, 2.05) is 0 Å². The Hall–Kier alpha value is -1.92. The topological polar surface area (TPSA) is 81.2 Å². The summed E-state index contributed by atoms with van der Waals surface area (Å²) >= 11 is 5.79. The highest BCUT2D eigenvalue weighted by Crippen LogP contribution is 2.32. The van der Waals surface area contributed by atoms with E-state index in [2.05, 4.69) is 24.1 Å². The van der Waals surface area contributed by atoms with Crippen molar-refractivity contribution < 1.29 is 9.34 Å². The number of halogens is 1. The van der Waals surface area contributed by atoms with Crippen molar-refractivity contribution in [2.75, 3.05) is 6.54 Å². The number of rotatable bonds is 6. The van der Waals surface area contributed by atoms with Crippen LogP contribution in [0.15, 0.2) is 28.8 Å². The van der Waals surface area contributed by atoms with Crippen LogP contribution < -0.4 is 5.32 Å². The summed E-state index contributed by atoms with van der Waals surface area (Å²) in [4.78, 5) is 14.7. The van der Waals surface area contributed by atoms with Gasteiger partial charge in [-0.05, 0) is 12.1 Å². The summed E-state index contributed by atoms with van der Waals surface area (Å²) in [5.74, 6) is 0.917. The number of aromatic nitrogens is 1. The zero-order chi connectivity index (χ0) is 15.4. The molecule has 0 aliphatic rings. The minimum atomic E-state index is -0.482. The molecule has 2 rings (SSSR count). The number of hydrogen-bond donors (Lipinski definition) is 1. The summed E-state index contributed by atoms with van der Waals surface area (Å²) in [5, 5.41) is 14.6. The zero-order valence-corrected chi connectivity index (χ0v) is 12.6. The molecule has 0 fully saturated rings. The maximum absolute atomic E-state index is 11.1. The van der Waals surface area contributed by atoms with Gasteiger partial charge in [0.25, 0.3) is 5.69 Å². The Morgan fingerprint density at radius 3 is 2.90 bits per heavy atom. The first-order valence-corrected chi connectivity index (χ1v) is 6.97. The normalized spacial score (nSPS) is 11.0. The van der Waals surface area contributed by atoms with Gasteiger partial charge in [-0.1, -0.05) is 25.4 Å². The van der Waals surface area contributed by atoms with Gasteiger partial charge in [0.05, 0.1) is 16.7 Å². The number of nitro groups is 1. The van der Waals surface area contributed by atoms with E-state index >= 15 is 0 Å². The van der Waals surface area contributed by atoms with Crippen LogP contribution >= 0.6 is 11.6 Å². The highest BCUT2D eigenvalue weighted by atomic mass is 35.5. The molecule has 0 radical (unpaired) electrons. The third kappa shape index (κ3) is 4.03. The highest BCUT2D eigenvalue weighted by molar-refractivity contribution is 6.30. The third-order valence-corrected chi connectivity index (χ3v) is 3.10. The van der Waals surface area contributed by atoms with E-state index in [1.165, 1.54) is 12.3 Å². The second kappa shape index (κ2) is 6.69. The number of nitrogens with zero attached hydrogens (tertiary/aromatic N) is 2. The van der Waals surface area contributed by atoms with Gasteiger partial charge in [-0.25, -0.2) is 4.98 Å². The average molecular weight is 310 g/mol. The fraction of sp³-hybridized carbons (Fsp3) is 0.357. The van der Waals surface area contributed by atoms with E-state index in [1.54, 1.807) is 12.1 Å². The monoisotopic (exact) mass is 309 g/mol. The smallest absolute Gasteiger partial charge is 0.281 e. The molecule has 1 N–H and O–H groups in total. The minimum Gasteiger partial charge on any atom is -0.440 e. The molecule has 0 spiro atoms. The highest BCUT2D eigenvalue weighted by Gasteiger charge is 2.19. The van der Waals surface area contributed by atoms with Gasteiger partial charge in [-0.2, -0.15) is 0 Å². The van der Waals surface area contributed by atoms with Crippen molar-refractivity contribution in [3.63, 3.8) is 0 Å². The fourth-order valence-electron chi connectivity index (χ4n) is 1.88. The third-order valence-electron chi connectivity index (χ3n) is 2.87. The van der Waals surface area contributed by atoms with Crippen molar-refractivity contribution >= 4 is 17.3 Å². The van der Waals surface area contributed by atoms with E-state index in [4.69, 9.17) is 16.0 Å². The van der Waals surface area contributed by atoms with Crippen molar-refractivity contribution in [3.8, 4) is 11.3 Å². The first kappa shape index (κ1) is 15.5. The van der Waals surface area contributed by atoms with Crippen molar-refractivity contribution in [2.24, 2.45) is 0 Å². The molecule has 7 heteroatoms. The zero-order valence-electron chi connectivity index (χ0n) is 11.8. The number of hydrogen-bond acceptors (Lipinski definition) is 5. The molecule has 0 saturated carbocycles. The molecule has 0 bridgehead atoms. The summed E-state index contributed by atoms with van der Waals surface area (Å²) in [6, 6.07) is 4.85. The SMILES string of the molecule is CC(C)NCCc1ncc(-c2ccc(Cl)cc2[N+](=O)[O-])o1. The van der Waals surface area contributed by atoms with E-state index in [0.717, 1.165) is 6.54 Å². The van der Waals surface area contributed by atoms with E-state index in [9.17, 15) is 10.1 Å². The van der Waals surface area contributed by atoms with Crippen LogP contribution in [0.3, 0.4) is 0 Å². The Morgan fingerprint density at radius 2 is 2.24 bits per heavy atom. The van der Waals surface area contributed by atoms with Crippen LogP contribution in [0, 0.1) is 10.1 Å². The van der Waals surface area contributed by atoms with Gasteiger partial charge in [0, 0.05) is 30.1 Å². The van der Waals surface area contributed by atoms with Crippen LogP contribution in [0.4, 0.5) is 5.69 Å². The predicted molar refractivity (Wildman–Crippen MR) is 80.4 cm³/mol. The molecule has 0 aliphatic heterocycles. The number of benzene rings is 1. The lowest BCUT2D eigenvalue weighted by Crippen LogP contribution is -2.24. The van der Waals surface area contributed by atoms with Crippen molar-refractivity contribution in [1.29, 1.82) is 0 Å². The summed E-state index contributed by atoms with van der Waals surface area (Å²) in [6.45, 7) is 4.84. The predicted octanol–water partition coefficient (Wildman–Crippen LogP) is 3.44. The van der Waals surface area contributed by atoms with Crippen LogP contribution in [0.5, 0.6) is 0 Å².